The van der Waals surface area contributed by atoms with Crippen molar-refractivity contribution in [2.24, 2.45) is 5.92 Å². The second-order valence-corrected chi connectivity index (χ2v) is 11.3. The Balaban J connectivity index is 2.55. The average Bonchev–Trinajstić information content (AvgIpc) is 2.13. The number of alkyl halides is 2. The van der Waals surface area contributed by atoms with Gasteiger partial charge in [0, 0.05) is 26.1 Å². The summed E-state index contributed by atoms with van der Waals surface area (Å²) in [5.41, 5.74) is 0. The van der Waals surface area contributed by atoms with Crippen molar-refractivity contribution in [3.63, 3.8) is 0 Å². The maximum absolute atomic E-state index is 13.6. The third-order valence-electron chi connectivity index (χ3n) is 4.07. The van der Waals surface area contributed by atoms with Gasteiger partial charge in [0.2, 0.25) is 0 Å². The zero-order chi connectivity index (χ0) is 13.3. The van der Waals surface area contributed by atoms with Crippen LogP contribution in [-0.2, 0) is 4.43 Å². The molecular weight excluding hydrogens is 240 g/mol. The molecule has 0 aromatic heterocycles. The smallest absolute Gasteiger partial charge is 0.255 e. The van der Waals surface area contributed by atoms with E-state index in [0.717, 1.165) is 0 Å². The van der Waals surface area contributed by atoms with Crippen LogP contribution in [0.5, 0.6) is 0 Å². The molecule has 0 aliphatic carbocycles. The Morgan fingerprint density at radius 3 is 2.41 bits per heavy atom. The lowest BCUT2D eigenvalue weighted by molar-refractivity contribution is -0.0918. The third-order valence-corrected chi connectivity index (χ3v) is 8.58. The predicted molar refractivity (Wildman–Crippen MR) is 69.1 cm³/mol. The first-order chi connectivity index (χ1) is 7.56. The topological polar surface area (TPSA) is 21.3 Å². The summed E-state index contributed by atoms with van der Waals surface area (Å²) < 4.78 is 33.2. The highest BCUT2D eigenvalue weighted by Gasteiger charge is 2.44. The van der Waals surface area contributed by atoms with Crippen molar-refractivity contribution in [1.82, 2.24) is 5.32 Å². The van der Waals surface area contributed by atoms with Crippen LogP contribution in [-0.4, -0.2) is 33.9 Å². The molecule has 0 amide bonds. The Labute approximate surface area is 104 Å². The molecule has 1 heterocycles. The van der Waals surface area contributed by atoms with E-state index in [1.165, 1.54) is 0 Å². The Bertz CT molecular complexity index is 264. The molecule has 1 unspecified atom stereocenters. The Hall–Kier alpha value is -0.00312. The van der Waals surface area contributed by atoms with E-state index in [1.54, 1.807) is 0 Å². The van der Waals surface area contributed by atoms with Crippen LogP contribution in [0.2, 0.25) is 18.1 Å². The molecule has 2 nitrogen and oxygen atoms in total. The first-order valence-corrected chi connectivity index (χ1v) is 9.19. The normalized spacial score (nSPS) is 25.9. The van der Waals surface area contributed by atoms with Crippen molar-refractivity contribution >= 4 is 8.32 Å². The summed E-state index contributed by atoms with van der Waals surface area (Å²) >= 11 is 0. The van der Waals surface area contributed by atoms with Crippen molar-refractivity contribution in [3.8, 4) is 0 Å². The Morgan fingerprint density at radius 2 is 1.94 bits per heavy atom. The van der Waals surface area contributed by atoms with E-state index in [4.69, 9.17) is 4.43 Å². The monoisotopic (exact) mass is 265 g/mol. The van der Waals surface area contributed by atoms with Crippen LogP contribution in [0, 0.1) is 5.92 Å². The SMILES string of the molecule is CC(C)(C)[Si](C)(C)OCC1CNCCC1(F)F. The largest absolute Gasteiger partial charge is 0.416 e. The fourth-order valence-electron chi connectivity index (χ4n) is 1.59. The fourth-order valence-corrected chi connectivity index (χ4v) is 2.64. The molecule has 1 atom stereocenters. The van der Waals surface area contributed by atoms with E-state index in [0.29, 0.717) is 13.1 Å². The van der Waals surface area contributed by atoms with Crippen molar-refractivity contribution < 1.29 is 13.2 Å². The molecule has 0 aromatic carbocycles. The van der Waals surface area contributed by atoms with Crippen LogP contribution >= 0.6 is 0 Å². The second kappa shape index (κ2) is 4.94. The van der Waals surface area contributed by atoms with Gasteiger partial charge in [-0.05, 0) is 18.1 Å². The minimum atomic E-state index is -2.58. The van der Waals surface area contributed by atoms with E-state index in [2.05, 4.69) is 39.2 Å². The maximum Gasteiger partial charge on any atom is 0.255 e. The van der Waals surface area contributed by atoms with E-state index < -0.39 is 20.2 Å². The molecule has 1 saturated heterocycles. The molecule has 1 rings (SSSR count). The summed E-state index contributed by atoms with van der Waals surface area (Å²) in [5.74, 6) is -3.25. The fraction of sp³-hybridized carbons (Fsp3) is 1.00. The van der Waals surface area contributed by atoms with Crippen LogP contribution < -0.4 is 5.32 Å². The highest BCUT2D eigenvalue weighted by atomic mass is 28.4. The van der Waals surface area contributed by atoms with Gasteiger partial charge in [0.15, 0.2) is 8.32 Å². The number of rotatable bonds is 3. The molecule has 17 heavy (non-hydrogen) atoms. The van der Waals surface area contributed by atoms with Crippen LogP contribution in [0.4, 0.5) is 8.78 Å². The third kappa shape index (κ3) is 3.73. The molecule has 1 N–H and O–H groups in total. The molecule has 0 saturated carbocycles. The van der Waals surface area contributed by atoms with Crippen molar-refractivity contribution in [1.29, 1.82) is 0 Å². The molecule has 1 aliphatic heterocycles. The van der Waals surface area contributed by atoms with E-state index in [9.17, 15) is 8.78 Å². The summed E-state index contributed by atoms with van der Waals surface area (Å²) in [7, 11) is -1.91. The first-order valence-electron chi connectivity index (χ1n) is 6.29. The molecule has 0 aromatic rings. The van der Waals surface area contributed by atoms with Gasteiger partial charge in [-0.2, -0.15) is 0 Å². The molecule has 1 fully saturated rings. The van der Waals surface area contributed by atoms with Gasteiger partial charge < -0.3 is 9.74 Å². The number of hydrogen-bond donors (Lipinski definition) is 1. The molecule has 102 valence electrons. The maximum atomic E-state index is 13.6. The number of hydrogen-bond acceptors (Lipinski definition) is 2. The summed E-state index contributed by atoms with van der Waals surface area (Å²) in [4.78, 5) is 0. The first kappa shape index (κ1) is 15.1. The van der Waals surface area contributed by atoms with Gasteiger partial charge in [-0.1, -0.05) is 20.8 Å². The van der Waals surface area contributed by atoms with E-state index in [1.807, 2.05) is 0 Å². The van der Waals surface area contributed by atoms with E-state index in [-0.39, 0.29) is 18.1 Å². The minimum Gasteiger partial charge on any atom is -0.416 e. The van der Waals surface area contributed by atoms with Crippen molar-refractivity contribution in [2.45, 2.75) is 51.2 Å². The Kier molecular flexibility index (Phi) is 4.37. The van der Waals surface area contributed by atoms with Crippen LogP contribution in [0.15, 0.2) is 0 Å². The molecule has 0 bridgehead atoms. The van der Waals surface area contributed by atoms with Crippen LogP contribution in [0.1, 0.15) is 27.2 Å². The quantitative estimate of drug-likeness (QED) is 0.791. The highest BCUT2D eigenvalue weighted by Crippen LogP contribution is 2.38. The lowest BCUT2D eigenvalue weighted by Crippen LogP contribution is -2.50. The van der Waals surface area contributed by atoms with Crippen molar-refractivity contribution in [2.75, 3.05) is 19.7 Å². The van der Waals surface area contributed by atoms with Gasteiger partial charge in [-0.3, -0.25) is 0 Å². The summed E-state index contributed by atoms with van der Waals surface area (Å²) in [6.45, 7) is 11.5. The summed E-state index contributed by atoms with van der Waals surface area (Å²) in [5, 5.41) is 3.09. The summed E-state index contributed by atoms with van der Waals surface area (Å²) in [6.07, 6.45) is -0.0709. The Morgan fingerprint density at radius 1 is 1.35 bits per heavy atom. The zero-order valence-electron chi connectivity index (χ0n) is 11.6. The van der Waals surface area contributed by atoms with Gasteiger partial charge in [0.05, 0.1) is 5.92 Å². The van der Waals surface area contributed by atoms with Crippen LogP contribution in [0.3, 0.4) is 0 Å². The molecule has 5 heteroatoms. The van der Waals surface area contributed by atoms with Gasteiger partial charge in [0.25, 0.3) is 5.92 Å². The summed E-state index contributed by atoms with van der Waals surface area (Å²) in [6, 6.07) is 0. The lowest BCUT2D eigenvalue weighted by atomic mass is 9.96. The van der Waals surface area contributed by atoms with Crippen LogP contribution in [0.25, 0.3) is 0 Å². The average molecular weight is 265 g/mol. The molecule has 1 aliphatic rings. The number of nitrogens with one attached hydrogen (secondary N) is 1. The zero-order valence-corrected chi connectivity index (χ0v) is 12.6. The van der Waals surface area contributed by atoms with Gasteiger partial charge in [-0.25, -0.2) is 8.78 Å². The molecular formula is C12H25F2NOSi. The van der Waals surface area contributed by atoms with Gasteiger partial charge in [-0.15, -0.1) is 0 Å². The minimum absolute atomic E-state index is 0.0709. The lowest BCUT2D eigenvalue weighted by Gasteiger charge is -2.39. The molecule has 0 radical (unpaired) electrons. The van der Waals surface area contributed by atoms with Gasteiger partial charge in [0.1, 0.15) is 0 Å². The highest BCUT2D eigenvalue weighted by molar-refractivity contribution is 6.74. The van der Waals surface area contributed by atoms with Crippen molar-refractivity contribution in [3.05, 3.63) is 0 Å². The molecule has 0 spiro atoms. The van der Waals surface area contributed by atoms with E-state index >= 15 is 0 Å². The number of halogens is 2. The standard InChI is InChI=1S/C12H25F2NOSi/c1-11(2,3)17(4,5)16-9-10-8-15-7-6-12(10,13)14/h10,15H,6-9H2,1-5H3. The van der Waals surface area contributed by atoms with Gasteiger partial charge >= 0.3 is 0 Å². The second-order valence-electron chi connectivity index (χ2n) is 6.48. The number of piperidine rings is 1. The predicted octanol–water partition coefficient (Wildman–Crippen LogP) is 3.25.